The number of rotatable bonds is 8. The number of nitrogens with one attached hydrogen (secondary N) is 1. The van der Waals surface area contributed by atoms with Gasteiger partial charge in [0.05, 0.1) is 19.3 Å². The van der Waals surface area contributed by atoms with Crippen LogP contribution in [0.1, 0.15) is 31.2 Å². The van der Waals surface area contributed by atoms with E-state index in [4.69, 9.17) is 20.9 Å². The van der Waals surface area contributed by atoms with Crippen LogP contribution < -0.4 is 19.7 Å². The number of benzene rings is 2. The first-order valence-electron chi connectivity index (χ1n) is 16.2. The molecule has 4 aliphatic rings. The van der Waals surface area contributed by atoms with E-state index in [1.54, 1.807) is 0 Å². The number of halogens is 3. The van der Waals surface area contributed by atoms with E-state index in [0.29, 0.717) is 49.5 Å². The highest BCUT2D eigenvalue weighted by molar-refractivity contribution is 6.04. The number of phenols is 1. The van der Waals surface area contributed by atoms with Gasteiger partial charge in [-0.2, -0.15) is 9.97 Å². The van der Waals surface area contributed by atoms with Crippen molar-refractivity contribution in [1.82, 2.24) is 25.2 Å². The Morgan fingerprint density at radius 3 is 2.54 bits per heavy atom. The zero-order valence-electron chi connectivity index (χ0n) is 26.5. The Labute approximate surface area is 275 Å². The minimum atomic E-state index is -1.03. The molecule has 3 atom stereocenters. The average molecular weight is 657 g/mol. The van der Waals surface area contributed by atoms with Crippen LogP contribution in [0.25, 0.3) is 32.9 Å². The number of terminal acetylenes is 1. The Morgan fingerprint density at radius 2 is 1.88 bits per heavy atom. The first kappa shape index (κ1) is 30.7. The molecule has 2 bridgehead atoms. The molecule has 12 heteroatoms. The molecular weight excluding hydrogens is 621 g/mol. The van der Waals surface area contributed by atoms with Crippen molar-refractivity contribution in [2.24, 2.45) is 5.41 Å². The highest BCUT2D eigenvalue weighted by Crippen LogP contribution is 2.48. The van der Waals surface area contributed by atoms with Crippen molar-refractivity contribution in [3.8, 4) is 41.2 Å². The summed E-state index contributed by atoms with van der Waals surface area (Å²) < 4.78 is 58.2. The van der Waals surface area contributed by atoms with Gasteiger partial charge < -0.3 is 24.8 Å². The quantitative estimate of drug-likeness (QED) is 0.198. The van der Waals surface area contributed by atoms with Crippen LogP contribution in [0.3, 0.4) is 0 Å². The van der Waals surface area contributed by atoms with E-state index in [9.17, 15) is 13.9 Å². The molecule has 0 radical (unpaired) electrons. The molecule has 3 aliphatic heterocycles. The van der Waals surface area contributed by atoms with Crippen LogP contribution in [-0.2, 0) is 0 Å². The number of ether oxygens (including phenoxy) is 2. The Morgan fingerprint density at radius 1 is 1.10 bits per heavy atom. The van der Waals surface area contributed by atoms with Gasteiger partial charge in [0.25, 0.3) is 0 Å². The second kappa shape index (κ2) is 11.5. The fourth-order valence-electron chi connectivity index (χ4n) is 7.59. The SMILES string of the molecule is C#Cc1c(F)ccc2cc(O)cc(-c3nc(OC)c4c(N5CC6CCC(C5)N6)nc(OCC5(CN6CC(=C)C(F)C6)CC5)nc4c3F)c12. The molecule has 2 aromatic carbocycles. The van der Waals surface area contributed by atoms with Crippen molar-refractivity contribution in [3.05, 3.63) is 53.6 Å². The normalized spacial score (nSPS) is 23.2. The number of likely N-dealkylation sites (tertiary alicyclic amines) is 1. The monoisotopic (exact) mass is 656 g/mol. The largest absolute Gasteiger partial charge is 0.508 e. The van der Waals surface area contributed by atoms with E-state index < -0.39 is 17.8 Å². The van der Waals surface area contributed by atoms with Crippen LogP contribution in [0.2, 0.25) is 0 Å². The Balaban J connectivity index is 1.26. The molecule has 8 rings (SSSR count). The number of fused-ring (bicyclic) bond motifs is 4. The summed E-state index contributed by atoms with van der Waals surface area (Å²) in [4.78, 5) is 18.2. The number of anilines is 1. The molecule has 248 valence electrons. The number of alkyl halides is 1. The molecule has 2 aromatic heterocycles. The van der Waals surface area contributed by atoms with Crippen LogP contribution in [-0.4, -0.2) is 89.7 Å². The summed E-state index contributed by atoms with van der Waals surface area (Å²) in [7, 11) is 1.43. The van der Waals surface area contributed by atoms with Gasteiger partial charge in [-0.05, 0) is 54.8 Å². The molecule has 0 spiro atoms. The second-order valence-corrected chi connectivity index (χ2v) is 13.6. The van der Waals surface area contributed by atoms with Gasteiger partial charge in [0.1, 0.15) is 40.2 Å². The molecule has 4 fully saturated rings. The lowest BCUT2D eigenvalue weighted by molar-refractivity contribution is 0.165. The van der Waals surface area contributed by atoms with Crippen molar-refractivity contribution >= 4 is 27.5 Å². The molecule has 4 aromatic rings. The molecule has 3 unspecified atom stereocenters. The molecular formula is C36H35F3N6O3. The summed E-state index contributed by atoms with van der Waals surface area (Å²) in [6.45, 7) is 6.90. The third-order valence-corrected chi connectivity index (χ3v) is 10.2. The van der Waals surface area contributed by atoms with Gasteiger partial charge >= 0.3 is 6.01 Å². The molecule has 5 heterocycles. The smallest absolute Gasteiger partial charge is 0.319 e. The molecule has 48 heavy (non-hydrogen) atoms. The maximum Gasteiger partial charge on any atom is 0.319 e. The zero-order valence-corrected chi connectivity index (χ0v) is 26.5. The van der Waals surface area contributed by atoms with Gasteiger partial charge in [-0.25, -0.2) is 18.2 Å². The number of piperazine rings is 1. The van der Waals surface area contributed by atoms with Gasteiger partial charge in [-0.1, -0.05) is 18.6 Å². The predicted molar refractivity (Wildman–Crippen MR) is 176 cm³/mol. The molecule has 3 saturated heterocycles. The summed E-state index contributed by atoms with van der Waals surface area (Å²) in [5, 5.41) is 15.2. The maximum absolute atomic E-state index is 17.0. The Bertz CT molecular complexity index is 2020. The minimum absolute atomic E-state index is 0.00178. The van der Waals surface area contributed by atoms with Crippen LogP contribution in [0.4, 0.5) is 19.0 Å². The average Bonchev–Trinajstić information content (AvgIpc) is 3.65. The molecule has 1 aliphatic carbocycles. The number of aromatic hydroxyl groups is 1. The van der Waals surface area contributed by atoms with E-state index >= 15 is 4.39 Å². The van der Waals surface area contributed by atoms with Crippen molar-refractivity contribution in [2.75, 3.05) is 51.3 Å². The number of methoxy groups -OCH3 is 1. The lowest BCUT2D eigenvalue weighted by atomic mass is 9.95. The fourth-order valence-corrected chi connectivity index (χ4v) is 7.59. The van der Waals surface area contributed by atoms with Crippen molar-refractivity contribution in [2.45, 2.75) is 43.9 Å². The van der Waals surface area contributed by atoms with Crippen LogP contribution in [0.5, 0.6) is 17.6 Å². The van der Waals surface area contributed by atoms with E-state index in [1.807, 2.05) is 0 Å². The number of pyridine rings is 1. The lowest BCUT2D eigenvalue weighted by Gasteiger charge is -2.34. The topological polar surface area (TPSA) is 95.9 Å². The van der Waals surface area contributed by atoms with Crippen molar-refractivity contribution in [1.29, 1.82) is 0 Å². The number of phenolic OH excluding ortho intramolecular Hbond substituents is 1. The number of aromatic nitrogens is 3. The highest BCUT2D eigenvalue weighted by atomic mass is 19.1. The Kier molecular flexibility index (Phi) is 7.38. The second-order valence-electron chi connectivity index (χ2n) is 13.6. The summed E-state index contributed by atoms with van der Waals surface area (Å²) in [5.74, 6) is 1.23. The summed E-state index contributed by atoms with van der Waals surface area (Å²) in [6, 6.07) is 5.91. The van der Waals surface area contributed by atoms with E-state index in [2.05, 4.69) is 37.6 Å². The lowest BCUT2D eigenvalue weighted by Crippen LogP contribution is -2.51. The first-order chi connectivity index (χ1) is 23.1. The van der Waals surface area contributed by atoms with Gasteiger partial charge in [0, 0.05) is 61.2 Å². The first-order valence-corrected chi connectivity index (χ1v) is 16.2. The zero-order chi connectivity index (χ0) is 33.3. The standard InChI is InChI=1S/C36H35F3N6O3/c1-4-24-26(37)8-5-20-11-23(46)12-25(28(20)24)31-30(39)32-29(34(41-31)47-3)33(45-14-21-6-7-22(15-45)40-21)43-35(42-32)48-18-36(9-10-36)17-44-13-19(2)27(38)16-44/h1,5,8,11-12,21-22,27,40,46H,2,6-7,9-10,13-18H2,3H3. The molecule has 0 amide bonds. The van der Waals surface area contributed by atoms with Gasteiger partial charge in [-0.3, -0.25) is 4.90 Å². The Hall–Kier alpha value is -4.60. The fraction of sp³-hybridized carbons (Fsp3) is 0.417. The van der Waals surface area contributed by atoms with E-state index in [1.165, 1.54) is 31.4 Å². The van der Waals surface area contributed by atoms with Crippen molar-refractivity contribution < 1.29 is 27.8 Å². The van der Waals surface area contributed by atoms with E-state index in [-0.39, 0.29) is 74.9 Å². The molecule has 9 nitrogen and oxygen atoms in total. The van der Waals surface area contributed by atoms with Gasteiger partial charge in [-0.15, -0.1) is 6.42 Å². The highest BCUT2D eigenvalue weighted by Gasteiger charge is 2.46. The summed E-state index contributed by atoms with van der Waals surface area (Å²) in [5.41, 5.74) is 0.109. The summed E-state index contributed by atoms with van der Waals surface area (Å²) >= 11 is 0. The third kappa shape index (κ3) is 5.25. The third-order valence-electron chi connectivity index (χ3n) is 10.2. The van der Waals surface area contributed by atoms with Gasteiger partial charge in [0.2, 0.25) is 5.88 Å². The predicted octanol–water partition coefficient (Wildman–Crippen LogP) is 5.13. The maximum atomic E-state index is 17.0. The van der Waals surface area contributed by atoms with Crippen LogP contribution in [0, 0.1) is 29.4 Å². The summed E-state index contributed by atoms with van der Waals surface area (Å²) in [6.07, 6.45) is 8.53. The van der Waals surface area contributed by atoms with Crippen molar-refractivity contribution in [3.63, 3.8) is 0 Å². The van der Waals surface area contributed by atoms with Gasteiger partial charge in [0.15, 0.2) is 5.82 Å². The van der Waals surface area contributed by atoms with Crippen LogP contribution >= 0.6 is 0 Å². The number of nitrogens with zero attached hydrogens (tertiary/aromatic N) is 5. The molecule has 1 saturated carbocycles. The minimum Gasteiger partial charge on any atom is -0.508 e. The number of hydrogen-bond donors (Lipinski definition) is 2. The molecule has 2 N–H and O–H groups in total. The number of hydrogen-bond acceptors (Lipinski definition) is 9. The van der Waals surface area contributed by atoms with E-state index in [0.717, 1.165) is 25.7 Å². The van der Waals surface area contributed by atoms with Crippen LogP contribution in [0.15, 0.2) is 36.4 Å².